The zero-order valence-electron chi connectivity index (χ0n) is 18.1. The monoisotopic (exact) mass is 517 g/mol. The average molecular weight is 517 g/mol. The van der Waals surface area contributed by atoms with Crippen molar-refractivity contribution >= 4 is 35.8 Å². The van der Waals surface area contributed by atoms with E-state index in [2.05, 4.69) is 39.7 Å². The third-order valence-electron chi connectivity index (χ3n) is 5.96. The topological polar surface area (TPSA) is 77.8 Å². The molecular formula is C20H36IN7O. The summed E-state index contributed by atoms with van der Waals surface area (Å²) in [6.07, 6.45) is 9.46. The van der Waals surface area contributed by atoms with Crippen LogP contribution >= 0.6 is 24.0 Å². The molecule has 1 saturated heterocycles. The summed E-state index contributed by atoms with van der Waals surface area (Å²) in [5.41, 5.74) is 1.17. The van der Waals surface area contributed by atoms with Gasteiger partial charge < -0.3 is 20.4 Å². The molecule has 2 aliphatic rings. The molecule has 2 N–H and O–H groups in total. The Hall–Kier alpha value is -1.36. The molecule has 1 aromatic rings. The van der Waals surface area contributed by atoms with Crippen molar-refractivity contribution in [3.05, 3.63) is 18.0 Å². The van der Waals surface area contributed by atoms with E-state index in [-0.39, 0.29) is 42.0 Å². The van der Waals surface area contributed by atoms with Gasteiger partial charge in [-0.25, -0.2) is 0 Å². The van der Waals surface area contributed by atoms with E-state index < -0.39 is 0 Å². The van der Waals surface area contributed by atoms with Crippen molar-refractivity contribution in [2.75, 3.05) is 40.8 Å². The summed E-state index contributed by atoms with van der Waals surface area (Å²) in [5, 5.41) is 11.2. The summed E-state index contributed by atoms with van der Waals surface area (Å²) < 4.78 is 1.83. The number of carbonyl (C=O) groups is 1. The molecule has 2 heterocycles. The van der Waals surface area contributed by atoms with Crippen LogP contribution < -0.4 is 10.6 Å². The Labute approximate surface area is 191 Å². The van der Waals surface area contributed by atoms with E-state index in [1.165, 1.54) is 18.4 Å². The molecule has 1 aromatic heterocycles. The highest BCUT2D eigenvalue weighted by atomic mass is 127. The van der Waals surface area contributed by atoms with Crippen molar-refractivity contribution in [2.24, 2.45) is 18.0 Å². The minimum Gasteiger partial charge on any atom is -0.354 e. The number of aryl methyl sites for hydroxylation is 1. The van der Waals surface area contributed by atoms with E-state index in [1.807, 2.05) is 29.0 Å². The number of nitrogens with zero attached hydrogens (tertiary/aromatic N) is 5. The number of hydrogen-bond acceptors (Lipinski definition) is 4. The maximum absolute atomic E-state index is 12.6. The predicted octanol–water partition coefficient (Wildman–Crippen LogP) is 1.60. The van der Waals surface area contributed by atoms with E-state index in [1.54, 1.807) is 7.05 Å². The summed E-state index contributed by atoms with van der Waals surface area (Å²) >= 11 is 0. The Kier molecular flexibility index (Phi) is 9.19. The van der Waals surface area contributed by atoms with Crippen LogP contribution in [0.4, 0.5) is 0 Å². The average Bonchev–Trinajstić information content (AvgIpc) is 3.42. The molecule has 2 unspecified atom stereocenters. The van der Waals surface area contributed by atoms with Crippen LogP contribution in [0.3, 0.4) is 0 Å². The number of rotatable bonds is 6. The van der Waals surface area contributed by atoms with Crippen LogP contribution in [0.25, 0.3) is 0 Å². The fourth-order valence-corrected chi connectivity index (χ4v) is 4.30. The van der Waals surface area contributed by atoms with E-state index in [4.69, 9.17) is 0 Å². The molecule has 2 fully saturated rings. The van der Waals surface area contributed by atoms with E-state index in [9.17, 15) is 4.79 Å². The molecule has 8 nitrogen and oxygen atoms in total. The molecule has 29 heavy (non-hydrogen) atoms. The third kappa shape index (κ3) is 6.31. The first kappa shape index (κ1) is 23.9. The second kappa shape index (κ2) is 11.1. The van der Waals surface area contributed by atoms with Gasteiger partial charge in [0.25, 0.3) is 0 Å². The molecule has 1 amide bonds. The van der Waals surface area contributed by atoms with Gasteiger partial charge in [0.15, 0.2) is 5.96 Å². The molecule has 9 heteroatoms. The van der Waals surface area contributed by atoms with Gasteiger partial charge in [-0.1, -0.05) is 12.8 Å². The minimum atomic E-state index is 0. The number of likely N-dealkylation sites (tertiary alicyclic amines) is 1. The summed E-state index contributed by atoms with van der Waals surface area (Å²) in [5.74, 6) is 1.40. The molecular weight excluding hydrogens is 481 g/mol. The molecule has 2 atom stereocenters. The van der Waals surface area contributed by atoms with E-state index in [0.717, 1.165) is 44.9 Å². The first-order valence-corrected chi connectivity index (χ1v) is 10.4. The number of nitrogens with one attached hydrogen (secondary N) is 2. The number of guanidine groups is 1. The first-order chi connectivity index (χ1) is 13.5. The van der Waals surface area contributed by atoms with Crippen molar-refractivity contribution in [1.29, 1.82) is 0 Å². The van der Waals surface area contributed by atoms with Crippen molar-refractivity contribution in [2.45, 2.75) is 44.2 Å². The number of aromatic nitrogens is 2. The van der Waals surface area contributed by atoms with Gasteiger partial charge in [0.1, 0.15) is 0 Å². The summed E-state index contributed by atoms with van der Waals surface area (Å²) in [6, 6.07) is 0.462. The lowest BCUT2D eigenvalue weighted by molar-refractivity contribution is -0.134. The Balaban J connectivity index is 0.00000300. The Morgan fingerprint density at radius 2 is 2.07 bits per heavy atom. The maximum atomic E-state index is 12.6. The minimum absolute atomic E-state index is 0. The summed E-state index contributed by atoms with van der Waals surface area (Å²) in [7, 11) is 7.86. The second-order valence-electron chi connectivity index (χ2n) is 8.28. The van der Waals surface area contributed by atoms with Crippen LogP contribution in [0.1, 0.15) is 43.7 Å². The van der Waals surface area contributed by atoms with Crippen molar-refractivity contribution in [1.82, 2.24) is 30.2 Å². The summed E-state index contributed by atoms with van der Waals surface area (Å²) in [4.78, 5) is 21.2. The van der Waals surface area contributed by atoms with Crippen LogP contribution in [0.5, 0.6) is 0 Å². The molecule has 1 aliphatic heterocycles. The van der Waals surface area contributed by atoms with Crippen LogP contribution in [-0.4, -0.2) is 78.3 Å². The first-order valence-electron chi connectivity index (χ1n) is 10.4. The fourth-order valence-electron chi connectivity index (χ4n) is 4.30. The predicted molar refractivity (Wildman–Crippen MR) is 126 cm³/mol. The molecule has 1 aliphatic carbocycles. The number of aliphatic imine (C=N–C) groups is 1. The Morgan fingerprint density at radius 1 is 1.34 bits per heavy atom. The van der Waals surface area contributed by atoms with Crippen molar-refractivity contribution in [3.8, 4) is 0 Å². The lowest BCUT2D eigenvalue weighted by Gasteiger charge is -2.25. The number of hydrogen-bond donors (Lipinski definition) is 2. The Bertz CT molecular complexity index is 684. The Morgan fingerprint density at radius 3 is 2.66 bits per heavy atom. The van der Waals surface area contributed by atoms with Gasteiger partial charge in [-0.2, -0.15) is 5.10 Å². The van der Waals surface area contributed by atoms with Crippen molar-refractivity contribution < 1.29 is 4.79 Å². The molecule has 0 spiro atoms. The number of amides is 1. The quantitative estimate of drug-likeness (QED) is 0.341. The molecule has 0 bridgehead atoms. The fraction of sp³-hybridized carbons (Fsp3) is 0.750. The second-order valence-corrected chi connectivity index (χ2v) is 8.28. The van der Waals surface area contributed by atoms with E-state index >= 15 is 0 Å². The van der Waals surface area contributed by atoms with Crippen LogP contribution in [0.15, 0.2) is 17.4 Å². The molecule has 0 radical (unpaired) electrons. The van der Waals surface area contributed by atoms with Gasteiger partial charge in [0.2, 0.25) is 5.91 Å². The molecule has 3 rings (SSSR count). The molecule has 1 saturated carbocycles. The van der Waals surface area contributed by atoms with Crippen LogP contribution in [-0.2, 0) is 11.8 Å². The maximum Gasteiger partial charge on any atom is 0.225 e. The molecule has 0 aromatic carbocycles. The lowest BCUT2D eigenvalue weighted by Crippen LogP contribution is -2.47. The number of likely N-dealkylation sites (N-methyl/N-ethyl adjacent to an activating group) is 1. The highest BCUT2D eigenvalue weighted by Gasteiger charge is 2.32. The van der Waals surface area contributed by atoms with Gasteiger partial charge in [-0.3, -0.25) is 14.5 Å². The van der Waals surface area contributed by atoms with Crippen LogP contribution in [0, 0.1) is 5.92 Å². The van der Waals surface area contributed by atoms with Gasteiger partial charge >= 0.3 is 0 Å². The van der Waals surface area contributed by atoms with Gasteiger partial charge in [0, 0.05) is 57.4 Å². The zero-order valence-corrected chi connectivity index (χ0v) is 20.4. The van der Waals surface area contributed by atoms with Gasteiger partial charge in [-0.05, 0) is 33.4 Å². The number of carbonyl (C=O) groups excluding carboxylic acids is 1. The van der Waals surface area contributed by atoms with Crippen molar-refractivity contribution in [3.63, 3.8) is 0 Å². The van der Waals surface area contributed by atoms with Gasteiger partial charge in [0.05, 0.1) is 12.2 Å². The highest BCUT2D eigenvalue weighted by molar-refractivity contribution is 14.0. The standard InChI is InChI=1S/C20H35N7O.HI/c1-21-20(22-12-18(25(2)3)16-11-23-26(4)13-16)24-17-9-10-27(14-17)19(28)15-7-5-6-8-15;/h11,13,15,17-18H,5-10,12,14H2,1-4H3,(H2,21,22,24);1H. The van der Waals surface area contributed by atoms with Gasteiger partial charge in [-0.15, -0.1) is 24.0 Å². The molecule has 164 valence electrons. The normalized spacial score (nSPS) is 21.3. The number of halogens is 1. The largest absolute Gasteiger partial charge is 0.354 e. The van der Waals surface area contributed by atoms with Crippen LogP contribution in [0.2, 0.25) is 0 Å². The smallest absolute Gasteiger partial charge is 0.225 e. The third-order valence-corrected chi connectivity index (χ3v) is 5.96. The zero-order chi connectivity index (χ0) is 20.1. The lowest BCUT2D eigenvalue weighted by atomic mass is 10.1. The summed E-state index contributed by atoms with van der Waals surface area (Å²) in [6.45, 7) is 2.35. The van der Waals surface area contributed by atoms with E-state index in [0.29, 0.717) is 5.91 Å². The SMILES string of the molecule is CN=C(NCC(c1cnn(C)c1)N(C)C)NC1CCN(C(=O)C2CCCC2)C1.I. The highest BCUT2D eigenvalue weighted by Crippen LogP contribution is 2.27.